The molecule has 2 heteroatoms. The number of hydrogen-bond donors (Lipinski definition) is 1. The maximum Gasteiger partial charge on any atom is 0.132 e. The van der Waals surface area contributed by atoms with E-state index in [1.165, 1.54) is 0 Å². The van der Waals surface area contributed by atoms with Crippen LogP contribution >= 0.6 is 0 Å². The van der Waals surface area contributed by atoms with Crippen LogP contribution in [0.3, 0.4) is 0 Å². The largest absolute Gasteiger partial charge is 0.507 e. The lowest BCUT2D eigenvalue weighted by molar-refractivity contribution is 0.158. The van der Waals surface area contributed by atoms with E-state index in [0.717, 1.165) is 22.4 Å². The van der Waals surface area contributed by atoms with Gasteiger partial charge in [-0.05, 0) is 49.3 Å². The molecule has 0 fully saturated rings. The molecule has 0 unspecified atom stereocenters. The Balaban J connectivity index is 2.13. The van der Waals surface area contributed by atoms with Gasteiger partial charge in [0.1, 0.15) is 17.1 Å². The number of hydrogen-bond acceptors (Lipinski definition) is 2. The smallest absolute Gasteiger partial charge is 0.132 e. The van der Waals surface area contributed by atoms with Crippen LogP contribution < -0.4 is 4.74 Å². The van der Waals surface area contributed by atoms with Crippen molar-refractivity contribution in [2.24, 2.45) is 0 Å². The lowest BCUT2D eigenvalue weighted by Gasteiger charge is -2.28. The minimum atomic E-state index is -0.339. The van der Waals surface area contributed by atoms with Gasteiger partial charge in [0.15, 0.2) is 0 Å². The van der Waals surface area contributed by atoms with E-state index in [1.54, 1.807) is 6.07 Å². The van der Waals surface area contributed by atoms with Crippen molar-refractivity contribution in [1.29, 1.82) is 0 Å². The Morgan fingerprint density at radius 3 is 2.47 bits per heavy atom. The molecule has 0 bridgehead atoms. The summed E-state index contributed by atoms with van der Waals surface area (Å²) in [6.45, 7) is 4.00. The van der Waals surface area contributed by atoms with Gasteiger partial charge in [-0.15, -0.1) is 0 Å². The molecule has 19 heavy (non-hydrogen) atoms. The second-order valence-electron chi connectivity index (χ2n) is 5.31. The van der Waals surface area contributed by atoms with Crippen molar-refractivity contribution in [3.63, 3.8) is 0 Å². The summed E-state index contributed by atoms with van der Waals surface area (Å²) in [4.78, 5) is 0. The van der Waals surface area contributed by atoms with Gasteiger partial charge in [-0.1, -0.05) is 30.3 Å². The third kappa shape index (κ3) is 2.22. The van der Waals surface area contributed by atoms with E-state index in [9.17, 15) is 5.11 Å². The highest BCUT2D eigenvalue weighted by molar-refractivity contribution is 5.75. The number of ether oxygens (including phenoxy) is 1. The fourth-order valence-corrected chi connectivity index (χ4v) is 2.26. The lowest BCUT2D eigenvalue weighted by Crippen LogP contribution is -2.27. The third-order valence-electron chi connectivity index (χ3n) is 3.25. The van der Waals surface area contributed by atoms with Gasteiger partial charge in [0.05, 0.1) is 5.56 Å². The monoisotopic (exact) mass is 252 g/mol. The Morgan fingerprint density at radius 2 is 1.74 bits per heavy atom. The van der Waals surface area contributed by atoms with Crippen LogP contribution in [0, 0.1) is 0 Å². The Kier molecular flexibility index (Phi) is 2.59. The molecule has 96 valence electrons. The van der Waals surface area contributed by atoms with Gasteiger partial charge < -0.3 is 9.84 Å². The summed E-state index contributed by atoms with van der Waals surface area (Å²) in [5, 5.41) is 10.1. The molecule has 0 amide bonds. The molecule has 1 aliphatic heterocycles. The summed E-state index contributed by atoms with van der Waals surface area (Å²) in [5.74, 6) is 0.981. The average molecular weight is 252 g/mol. The fraction of sp³-hybridized carbons (Fsp3) is 0.176. The number of rotatable bonds is 1. The molecule has 1 N–H and O–H groups in total. The Bertz CT molecular complexity index is 640. The molecule has 0 aromatic heterocycles. The van der Waals surface area contributed by atoms with Crippen LogP contribution in [0.2, 0.25) is 0 Å². The van der Waals surface area contributed by atoms with Crippen molar-refractivity contribution in [3.8, 4) is 22.6 Å². The Labute approximate surface area is 113 Å². The predicted molar refractivity (Wildman–Crippen MR) is 77.3 cm³/mol. The van der Waals surface area contributed by atoms with E-state index in [4.69, 9.17) is 4.74 Å². The van der Waals surface area contributed by atoms with Gasteiger partial charge >= 0.3 is 0 Å². The van der Waals surface area contributed by atoms with Gasteiger partial charge in [-0.2, -0.15) is 0 Å². The highest BCUT2D eigenvalue weighted by atomic mass is 16.5. The summed E-state index contributed by atoms with van der Waals surface area (Å²) < 4.78 is 5.92. The number of aromatic hydroxyl groups is 1. The van der Waals surface area contributed by atoms with E-state index >= 15 is 0 Å². The summed E-state index contributed by atoms with van der Waals surface area (Å²) in [5.41, 5.74) is 2.44. The minimum Gasteiger partial charge on any atom is -0.507 e. The van der Waals surface area contributed by atoms with Crippen LogP contribution in [0.5, 0.6) is 11.5 Å². The van der Waals surface area contributed by atoms with Crippen molar-refractivity contribution in [2.45, 2.75) is 19.4 Å². The molecule has 0 atom stereocenters. The number of benzene rings is 2. The van der Waals surface area contributed by atoms with Gasteiger partial charge in [0, 0.05) is 0 Å². The molecular weight excluding hydrogens is 236 g/mol. The molecule has 0 aliphatic carbocycles. The maximum absolute atomic E-state index is 10.1. The van der Waals surface area contributed by atoms with Crippen LogP contribution in [0.1, 0.15) is 19.4 Å². The standard InChI is InChI=1S/C17H16O2/c1-17(2)9-8-14-15(18)10-13(11-16(14)19-17)12-6-4-3-5-7-12/h3-11,18H,1-2H3. The summed E-state index contributed by atoms with van der Waals surface area (Å²) in [7, 11) is 0. The zero-order valence-electron chi connectivity index (χ0n) is 11.1. The highest BCUT2D eigenvalue weighted by Crippen LogP contribution is 2.39. The first-order chi connectivity index (χ1) is 9.05. The minimum absolute atomic E-state index is 0.253. The van der Waals surface area contributed by atoms with Crippen LogP contribution in [-0.4, -0.2) is 10.7 Å². The molecule has 0 saturated carbocycles. The quantitative estimate of drug-likeness (QED) is 0.822. The zero-order chi connectivity index (χ0) is 13.5. The van der Waals surface area contributed by atoms with E-state index in [1.807, 2.05) is 62.4 Å². The molecular formula is C17H16O2. The predicted octanol–water partition coefficient (Wildman–Crippen LogP) is 4.24. The average Bonchev–Trinajstić information content (AvgIpc) is 2.38. The Hall–Kier alpha value is -2.22. The number of phenolic OH excluding ortho intramolecular Hbond substituents is 1. The second kappa shape index (κ2) is 4.16. The maximum atomic E-state index is 10.1. The third-order valence-corrected chi connectivity index (χ3v) is 3.25. The first-order valence-corrected chi connectivity index (χ1v) is 6.36. The molecule has 3 rings (SSSR count). The van der Waals surface area contributed by atoms with E-state index in [-0.39, 0.29) is 11.4 Å². The SMILES string of the molecule is CC1(C)C=Cc2c(O)cc(-c3ccccc3)cc2O1. The summed E-state index contributed by atoms with van der Waals surface area (Å²) in [6.07, 6.45) is 3.88. The van der Waals surface area contributed by atoms with E-state index in [2.05, 4.69) is 0 Å². The van der Waals surface area contributed by atoms with Crippen LogP contribution in [-0.2, 0) is 0 Å². The first kappa shape index (κ1) is 11.8. The van der Waals surface area contributed by atoms with Crippen LogP contribution in [0.25, 0.3) is 17.2 Å². The van der Waals surface area contributed by atoms with Crippen LogP contribution in [0.4, 0.5) is 0 Å². The Morgan fingerprint density at radius 1 is 1.00 bits per heavy atom. The second-order valence-corrected chi connectivity index (χ2v) is 5.31. The normalized spacial score (nSPS) is 15.7. The lowest BCUT2D eigenvalue weighted by atomic mass is 9.98. The van der Waals surface area contributed by atoms with Crippen molar-refractivity contribution in [3.05, 3.63) is 54.1 Å². The van der Waals surface area contributed by atoms with Crippen molar-refractivity contribution >= 4 is 6.08 Å². The summed E-state index contributed by atoms with van der Waals surface area (Å²) in [6, 6.07) is 13.7. The number of fused-ring (bicyclic) bond motifs is 1. The number of phenols is 1. The van der Waals surface area contributed by atoms with Crippen molar-refractivity contribution in [2.75, 3.05) is 0 Å². The van der Waals surface area contributed by atoms with Gasteiger partial charge in [0.25, 0.3) is 0 Å². The van der Waals surface area contributed by atoms with Crippen molar-refractivity contribution < 1.29 is 9.84 Å². The van der Waals surface area contributed by atoms with Crippen LogP contribution in [0.15, 0.2) is 48.5 Å². The van der Waals surface area contributed by atoms with E-state index in [0.29, 0.717) is 0 Å². The molecule has 2 aromatic rings. The zero-order valence-corrected chi connectivity index (χ0v) is 11.1. The molecule has 0 saturated heterocycles. The fourth-order valence-electron chi connectivity index (χ4n) is 2.26. The molecule has 2 nitrogen and oxygen atoms in total. The highest BCUT2D eigenvalue weighted by Gasteiger charge is 2.23. The molecule has 1 aliphatic rings. The van der Waals surface area contributed by atoms with Gasteiger partial charge in [0.2, 0.25) is 0 Å². The van der Waals surface area contributed by atoms with Gasteiger partial charge in [-0.25, -0.2) is 0 Å². The van der Waals surface area contributed by atoms with E-state index < -0.39 is 0 Å². The molecule has 0 spiro atoms. The molecule has 0 radical (unpaired) electrons. The molecule has 1 heterocycles. The van der Waals surface area contributed by atoms with Crippen molar-refractivity contribution in [1.82, 2.24) is 0 Å². The first-order valence-electron chi connectivity index (χ1n) is 6.36. The van der Waals surface area contributed by atoms with Gasteiger partial charge in [-0.3, -0.25) is 0 Å². The topological polar surface area (TPSA) is 29.5 Å². The molecule has 2 aromatic carbocycles. The summed E-state index contributed by atoms with van der Waals surface area (Å²) >= 11 is 0.